The van der Waals surface area contributed by atoms with Gasteiger partial charge in [0.25, 0.3) is 0 Å². The van der Waals surface area contributed by atoms with Crippen LogP contribution in [0.4, 0.5) is 0 Å². The lowest BCUT2D eigenvalue weighted by molar-refractivity contribution is 0.0968. The maximum Gasteiger partial charge on any atom is 0.137 e. The third kappa shape index (κ3) is 2.91. The van der Waals surface area contributed by atoms with Crippen molar-refractivity contribution in [1.82, 2.24) is 0 Å². The Kier molecular flexibility index (Phi) is 3.27. The topological polar surface area (TPSA) is 26.3 Å². The number of ether oxygens (including phenoxy) is 1. The zero-order valence-corrected chi connectivity index (χ0v) is 9.04. The minimum Gasteiger partial charge on any atom is -0.366 e. The van der Waals surface area contributed by atoms with Gasteiger partial charge in [-0.15, -0.1) is 0 Å². The molecule has 1 unspecified atom stereocenters. The summed E-state index contributed by atoms with van der Waals surface area (Å²) >= 11 is 0. The van der Waals surface area contributed by atoms with Crippen molar-refractivity contribution in [2.75, 3.05) is 7.11 Å². The molecule has 0 saturated carbocycles. The maximum absolute atomic E-state index is 11.7. The molecule has 0 N–H and O–H groups in total. The van der Waals surface area contributed by atoms with Crippen LogP contribution in [-0.2, 0) is 15.5 Å². The second-order valence-corrected chi connectivity index (χ2v) is 6.73. The van der Waals surface area contributed by atoms with Gasteiger partial charge in [-0.05, 0) is 34.6 Å². The normalized spacial score (nSPS) is 16.5. The third-order valence-electron chi connectivity index (χ3n) is 1.49. The molecule has 11 heavy (non-hydrogen) atoms. The summed E-state index contributed by atoms with van der Waals surface area (Å²) in [5.41, 5.74) is 0. The van der Waals surface area contributed by atoms with Gasteiger partial charge in [-0.25, -0.2) is 0 Å². The molecular weight excluding hydrogens is 160 g/mol. The van der Waals surface area contributed by atoms with Crippen LogP contribution >= 0.6 is 0 Å². The number of hydrogen-bond acceptors (Lipinski definition) is 2. The highest BCUT2D eigenvalue weighted by Gasteiger charge is 2.34. The molecule has 0 spiro atoms. The summed E-state index contributed by atoms with van der Waals surface area (Å²) in [5, 5.41) is 0. The largest absolute Gasteiger partial charge is 0.366 e. The molecule has 0 aromatic carbocycles. The van der Waals surface area contributed by atoms with Gasteiger partial charge >= 0.3 is 0 Å². The maximum atomic E-state index is 11.7. The molecule has 68 valence electrons. The predicted molar refractivity (Wildman–Crippen MR) is 49.0 cm³/mol. The smallest absolute Gasteiger partial charge is 0.137 e. The highest BCUT2D eigenvalue weighted by Crippen LogP contribution is 2.24. The van der Waals surface area contributed by atoms with Crippen LogP contribution in [-0.4, -0.2) is 21.0 Å². The van der Waals surface area contributed by atoms with Crippen LogP contribution in [0.5, 0.6) is 0 Å². The lowest BCUT2D eigenvalue weighted by atomic mass is 10.3. The highest BCUT2D eigenvalue weighted by atomic mass is 32.2. The fourth-order valence-corrected chi connectivity index (χ4v) is 2.44. The van der Waals surface area contributed by atoms with Gasteiger partial charge in [-0.2, -0.15) is 0 Å². The van der Waals surface area contributed by atoms with E-state index in [0.29, 0.717) is 0 Å². The van der Waals surface area contributed by atoms with Gasteiger partial charge in [0.15, 0.2) is 0 Å². The summed E-state index contributed by atoms with van der Waals surface area (Å²) in [6.07, 6.45) is 0. The van der Waals surface area contributed by atoms with Crippen LogP contribution in [0.25, 0.3) is 0 Å². The molecule has 0 aliphatic rings. The summed E-state index contributed by atoms with van der Waals surface area (Å²) < 4.78 is 16.6. The van der Waals surface area contributed by atoms with Crippen molar-refractivity contribution in [1.29, 1.82) is 0 Å². The first-order valence-electron chi connectivity index (χ1n) is 3.69. The molecule has 3 heteroatoms. The van der Waals surface area contributed by atoms with Gasteiger partial charge < -0.3 is 4.74 Å². The third-order valence-corrected chi connectivity index (χ3v) is 3.67. The summed E-state index contributed by atoms with van der Waals surface area (Å²) in [7, 11) is 0.617. The monoisotopic (exact) mass is 178 g/mol. The molecular formula is C8H18O2S. The van der Waals surface area contributed by atoms with Gasteiger partial charge in [0, 0.05) is 11.9 Å². The summed E-state index contributed by atoms with van der Waals surface area (Å²) in [5.74, 6) is 0. The molecule has 0 heterocycles. The quantitative estimate of drug-likeness (QED) is 0.645. The zero-order chi connectivity index (χ0) is 9.28. The molecule has 0 radical (unpaired) electrons. The molecule has 2 nitrogen and oxygen atoms in total. The van der Waals surface area contributed by atoms with Crippen molar-refractivity contribution in [3.05, 3.63) is 0 Å². The van der Waals surface area contributed by atoms with Gasteiger partial charge in [-0.3, -0.25) is 4.21 Å². The van der Waals surface area contributed by atoms with E-state index in [1.54, 1.807) is 7.11 Å². The summed E-state index contributed by atoms with van der Waals surface area (Å²) in [4.78, 5) is -0.543. The van der Waals surface area contributed by atoms with Crippen molar-refractivity contribution < 1.29 is 8.95 Å². The van der Waals surface area contributed by atoms with E-state index in [4.69, 9.17) is 4.74 Å². The van der Waals surface area contributed by atoms with Gasteiger partial charge in [0.2, 0.25) is 0 Å². The molecule has 0 amide bonds. The Bertz CT molecular complexity index is 156. The first-order chi connectivity index (χ1) is 4.72. The van der Waals surface area contributed by atoms with Crippen LogP contribution in [0.3, 0.4) is 0 Å². The van der Waals surface area contributed by atoms with E-state index in [1.165, 1.54) is 0 Å². The minimum absolute atomic E-state index is 0.209. The van der Waals surface area contributed by atoms with E-state index >= 15 is 0 Å². The van der Waals surface area contributed by atoms with Crippen LogP contribution in [0, 0.1) is 0 Å². The lowest BCUT2D eigenvalue weighted by Crippen LogP contribution is -2.39. The highest BCUT2D eigenvalue weighted by molar-refractivity contribution is 7.87. The number of hydrogen-bond donors (Lipinski definition) is 0. The van der Waals surface area contributed by atoms with Crippen LogP contribution in [0.2, 0.25) is 0 Å². The Morgan fingerprint density at radius 2 is 1.45 bits per heavy atom. The lowest BCUT2D eigenvalue weighted by Gasteiger charge is -2.30. The molecule has 0 fully saturated rings. The minimum atomic E-state index is -0.970. The molecule has 0 aromatic rings. The second-order valence-electron chi connectivity index (χ2n) is 3.99. The van der Waals surface area contributed by atoms with Crippen LogP contribution in [0.1, 0.15) is 34.6 Å². The molecule has 0 aromatic heterocycles. The molecule has 1 atom stereocenters. The van der Waals surface area contributed by atoms with Crippen molar-refractivity contribution in [3.63, 3.8) is 0 Å². The van der Waals surface area contributed by atoms with Gasteiger partial charge in [-0.1, -0.05) is 0 Å². The van der Waals surface area contributed by atoms with E-state index in [1.807, 2.05) is 34.6 Å². The first-order valence-corrected chi connectivity index (χ1v) is 4.84. The number of rotatable bonds is 2. The Labute approximate surface area is 71.8 Å². The molecule has 0 aliphatic heterocycles. The zero-order valence-electron chi connectivity index (χ0n) is 8.22. The van der Waals surface area contributed by atoms with E-state index in [0.717, 1.165) is 0 Å². The molecule has 0 aliphatic carbocycles. The Balaban J connectivity index is 4.50. The molecule has 0 bridgehead atoms. The average molecular weight is 178 g/mol. The Morgan fingerprint density at radius 3 is 1.55 bits per heavy atom. The van der Waals surface area contributed by atoms with Gasteiger partial charge in [0.05, 0.1) is 10.8 Å². The summed E-state index contributed by atoms with van der Waals surface area (Å²) in [6, 6.07) is 0. The van der Waals surface area contributed by atoms with Crippen LogP contribution in [0.15, 0.2) is 0 Å². The standard InChI is InChI=1S/C8H18O2S/c1-7(2,3)11(9)8(4,5)10-6/h1-6H3. The van der Waals surface area contributed by atoms with Gasteiger partial charge in [0.1, 0.15) is 4.93 Å². The SMILES string of the molecule is COC(C)(C)S(=O)C(C)(C)C. The van der Waals surface area contributed by atoms with Crippen molar-refractivity contribution in [3.8, 4) is 0 Å². The van der Waals surface area contributed by atoms with E-state index in [-0.39, 0.29) is 4.75 Å². The average Bonchev–Trinajstić information content (AvgIpc) is 1.84. The number of methoxy groups -OCH3 is 1. The predicted octanol–water partition coefficient (Wildman–Crippen LogP) is 1.92. The van der Waals surface area contributed by atoms with E-state index in [9.17, 15) is 4.21 Å². The Morgan fingerprint density at radius 1 is 1.09 bits per heavy atom. The second kappa shape index (κ2) is 3.23. The van der Waals surface area contributed by atoms with Crippen molar-refractivity contribution in [2.45, 2.75) is 44.3 Å². The van der Waals surface area contributed by atoms with Crippen molar-refractivity contribution >= 4 is 10.8 Å². The fraction of sp³-hybridized carbons (Fsp3) is 1.00. The molecule has 0 rings (SSSR count). The molecule has 0 saturated heterocycles. The van der Waals surface area contributed by atoms with E-state index < -0.39 is 15.7 Å². The van der Waals surface area contributed by atoms with E-state index in [2.05, 4.69) is 0 Å². The van der Waals surface area contributed by atoms with Crippen LogP contribution < -0.4 is 0 Å². The first kappa shape index (κ1) is 11.1. The van der Waals surface area contributed by atoms with Crippen molar-refractivity contribution in [2.24, 2.45) is 0 Å². The Hall–Kier alpha value is 0.110. The fourth-order valence-electron chi connectivity index (χ4n) is 0.813. The summed E-state index contributed by atoms with van der Waals surface area (Å²) in [6.45, 7) is 9.53.